The maximum atomic E-state index is 6.82. The van der Waals surface area contributed by atoms with Gasteiger partial charge in [0.25, 0.3) is 0 Å². The summed E-state index contributed by atoms with van der Waals surface area (Å²) in [5.74, 6) is 0. The molecule has 55 heavy (non-hydrogen) atoms. The number of nitrogens with zero attached hydrogens (tertiary/aromatic N) is 1. The molecule has 1 heterocycles. The molecule has 0 N–H and O–H groups in total. The highest BCUT2D eigenvalue weighted by Gasteiger charge is 2.18. The van der Waals surface area contributed by atoms with Crippen LogP contribution in [0, 0.1) is 0 Å². The van der Waals surface area contributed by atoms with E-state index >= 15 is 0 Å². The number of para-hydroxylation sites is 2. The molecule has 0 spiro atoms. The molecule has 0 unspecified atom stereocenters. The van der Waals surface area contributed by atoms with E-state index < -0.39 is 0 Å². The summed E-state index contributed by atoms with van der Waals surface area (Å²) in [7, 11) is 0. The Kier molecular flexibility index (Phi) is 8.99. The number of rotatable bonds is 9. The van der Waals surface area contributed by atoms with Crippen molar-refractivity contribution in [3.05, 3.63) is 224 Å². The number of hydrogen-bond donors (Lipinski definition) is 0. The lowest BCUT2D eigenvalue weighted by molar-refractivity contribution is 0.671. The molecule has 8 aromatic carbocycles. The zero-order chi connectivity index (χ0) is 37.1. The minimum Gasteiger partial charge on any atom is -0.455 e. The summed E-state index contributed by atoms with van der Waals surface area (Å²) in [6.07, 6.45) is 6.42. The van der Waals surface area contributed by atoms with E-state index in [2.05, 4.69) is 200 Å². The fraction of sp³-hybridized carbons (Fsp3) is 0.0189. The van der Waals surface area contributed by atoms with Gasteiger partial charge >= 0.3 is 0 Å². The van der Waals surface area contributed by atoms with Crippen LogP contribution in [0.4, 0.5) is 11.4 Å². The van der Waals surface area contributed by atoms with Crippen molar-refractivity contribution in [1.82, 2.24) is 0 Å². The fourth-order valence-corrected chi connectivity index (χ4v) is 7.65. The van der Waals surface area contributed by atoms with Crippen LogP contribution in [-0.2, 0) is 0 Å². The topological polar surface area (TPSA) is 16.4 Å². The highest BCUT2D eigenvalue weighted by Crippen LogP contribution is 2.42. The van der Waals surface area contributed by atoms with Crippen LogP contribution < -0.4 is 4.90 Å². The first-order valence-electron chi connectivity index (χ1n) is 18.7. The van der Waals surface area contributed by atoms with Crippen LogP contribution in [0.5, 0.6) is 0 Å². The summed E-state index contributed by atoms with van der Waals surface area (Å²) < 4.78 is 6.82. The molecule has 0 bridgehead atoms. The van der Waals surface area contributed by atoms with Gasteiger partial charge in [-0.25, -0.2) is 0 Å². The van der Waals surface area contributed by atoms with Crippen molar-refractivity contribution in [1.29, 1.82) is 0 Å². The second-order valence-electron chi connectivity index (χ2n) is 13.7. The molecule has 0 amide bonds. The lowest BCUT2D eigenvalue weighted by Crippen LogP contribution is -2.15. The first-order valence-corrected chi connectivity index (χ1v) is 18.7. The highest BCUT2D eigenvalue weighted by atomic mass is 16.3. The highest BCUT2D eigenvalue weighted by molar-refractivity contribution is 6.13. The first-order chi connectivity index (χ1) is 27.2. The van der Waals surface area contributed by atoms with Crippen LogP contribution in [0.1, 0.15) is 12.5 Å². The molecule has 0 atom stereocenters. The fourth-order valence-electron chi connectivity index (χ4n) is 7.65. The number of fused-ring (bicyclic) bond motifs is 4. The Hall–Kier alpha value is -7.16. The van der Waals surface area contributed by atoms with Crippen LogP contribution in [0.15, 0.2) is 223 Å². The van der Waals surface area contributed by atoms with Crippen molar-refractivity contribution in [2.24, 2.45) is 0 Å². The molecule has 0 saturated carbocycles. The number of benzene rings is 8. The average molecular weight is 706 g/mol. The first kappa shape index (κ1) is 33.7. The van der Waals surface area contributed by atoms with Gasteiger partial charge in [0.15, 0.2) is 0 Å². The normalized spacial score (nSPS) is 11.8. The molecule has 0 aliphatic rings. The van der Waals surface area contributed by atoms with E-state index in [9.17, 15) is 0 Å². The minimum absolute atomic E-state index is 0.884. The van der Waals surface area contributed by atoms with Crippen molar-refractivity contribution >= 4 is 49.7 Å². The van der Waals surface area contributed by atoms with Crippen LogP contribution in [0.25, 0.3) is 71.7 Å². The zero-order valence-electron chi connectivity index (χ0n) is 30.7. The Morgan fingerprint density at radius 1 is 0.473 bits per heavy atom. The van der Waals surface area contributed by atoms with Crippen LogP contribution in [-0.4, -0.2) is 0 Å². The van der Waals surface area contributed by atoms with Gasteiger partial charge in [0.1, 0.15) is 11.2 Å². The van der Waals surface area contributed by atoms with E-state index in [1.165, 1.54) is 21.9 Å². The number of furan rings is 1. The van der Waals surface area contributed by atoms with E-state index in [0.717, 1.165) is 72.4 Å². The maximum Gasteiger partial charge on any atom is 0.143 e. The molecule has 262 valence electrons. The second-order valence-corrected chi connectivity index (χ2v) is 13.7. The summed E-state index contributed by atoms with van der Waals surface area (Å²) in [5.41, 5.74) is 13.7. The van der Waals surface area contributed by atoms with Gasteiger partial charge in [-0.2, -0.15) is 0 Å². The molecule has 0 radical (unpaired) electrons. The average Bonchev–Trinajstić information content (AvgIpc) is 3.65. The third-order valence-electron chi connectivity index (χ3n) is 10.4. The largest absolute Gasteiger partial charge is 0.455 e. The van der Waals surface area contributed by atoms with Gasteiger partial charge < -0.3 is 9.32 Å². The lowest BCUT2D eigenvalue weighted by Gasteiger charge is -2.27. The Bertz CT molecular complexity index is 2870. The van der Waals surface area contributed by atoms with Crippen molar-refractivity contribution in [3.8, 4) is 33.4 Å². The predicted molar refractivity (Wildman–Crippen MR) is 234 cm³/mol. The lowest BCUT2D eigenvalue weighted by atomic mass is 9.98. The Morgan fingerprint density at radius 2 is 1.02 bits per heavy atom. The van der Waals surface area contributed by atoms with Crippen molar-refractivity contribution in [3.63, 3.8) is 0 Å². The van der Waals surface area contributed by atoms with Gasteiger partial charge in [0, 0.05) is 39.0 Å². The van der Waals surface area contributed by atoms with Gasteiger partial charge in [0.2, 0.25) is 0 Å². The van der Waals surface area contributed by atoms with Crippen molar-refractivity contribution in [2.45, 2.75) is 6.92 Å². The summed E-state index contributed by atoms with van der Waals surface area (Å²) in [6, 6.07) is 66.4. The maximum absolute atomic E-state index is 6.82. The molecule has 0 aliphatic carbocycles. The van der Waals surface area contributed by atoms with Crippen LogP contribution in [0.3, 0.4) is 0 Å². The minimum atomic E-state index is 0.884. The van der Waals surface area contributed by atoms with E-state index in [4.69, 9.17) is 4.42 Å². The van der Waals surface area contributed by atoms with Crippen molar-refractivity contribution in [2.75, 3.05) is 4.90 Å². The van der Waals surface area contributed by atoms with E-state index in [1.807, 2.05) is 24.3 Å². The standard InChI is InChI=1S/C53H39NO/c1-3-43(33-30-37(2)38-16-6-4-7-17-38)54(44-34-31-41(32-35-44)47-25-13-21-39-20-10-11-24-46(39)47)45-23-12-22-42(36-45)49-27-15-29-51-50-28-14-26-48(52(50)55-53(49)51)40-18-8-5-9-19-40/h3-36H,2H2,1H3/b33-30-,43-3+. The second kappa shape index (κ2) is 14.7. The zero-order valence-corrected chi connectivity index (χ0v) is 30.7. The van der Waals surface area contributed by atoms with Crippen LogP contribution in [0.2, 0.25) is 0 Å². The molecule has 0 aliphatic heterocycles. The van der Waals surface area contributed by atoms with E-state index in [1.54, 1.807) is 0 Å². The Labute approximate surface area is 322 Å². The van der Waals surface area contributed by atoms with Gasteiger partial charge in [-0.05, 0) is 81.4 Å². The molecule has 0 fully saturated rings. The van der Waals surface area contributed by atoms with E-state index in [-0.39, 0.29) is 0 Å². The molecule has 1 aromatic heterocycles. The van der Waals surface area contributed by atoms with E-state index in [0.29, 0.717) is 0 Å². The number of anilines is 2. The molecule has 2 nitrogen and oxygen atoms in total. The van der Waals surface area contributed by atoms with Gasteiger partial charge in [0.05, 0.1) is 0 Å². The van der Waals surface area contributed by atoms with Crippen molar-refractivity contribution < 1.29 is 4.42 Å². The monoisotopic (exact) mass is 705 g/mol. The summed E-state index contributed by atoms with van der Waals surface area (Å²) in [5, 5.41) is 4.70. The third kappa shape index (κ3) is 6.45. The number of allylic oxidation sites excluding steroid dienone is 4. The summed E-state index contributed by atoms with van der Waals surface area (Å²) in [6.45, 7) is 6.48. The smallest absolute Gasteiger partial charge is 0.143 e. The number of hydrogen-bond acceptors (Lipinski definition) is 2. The molecule has 2 heteroatoms. The Morgan fingerprint density at radius 3 is 1.75 bits per heavy atom. The SMILES string of the molecule is C=C(/C=C\C(=C/C)N(c1ccc(-c2cccc3ccccc23)cc1)c1cccc(-c2cccc3c2oc2c(-c4ccccc4)cccc23)c1)c1ccccc1. The molecular weight excluding hydrogens is 667 g/mol. The van der Waals surface area contributed by atoms with Gasteiger partial charge in [-0.15, -0.1) is 0 Å². The molecular formula is C53H39NO. The third-order valence-corrected chi connectivity index (χ3v) is 10.4. The predicted octanol–water partition coefficient (Wildman–Crippen LogP) is 15.1. The molecule has 0 saturated heterocycles. The van der Waals surface area contributed by atoms with Crippen LogP contribution >= 0.6 is 0 Å². The summed E-state index contributed by atoms with van der Waals surface area (Å²) >= 11 is 0. The molecule has 9 aromatic rings. The quantitative estimate of drug-likeness (QED) is 0.139. The summed E-state index contributed by atoms with van der Waals surface area (Å²) in [4.78, 5) is 2.32. The van der Waals surface area contributed by atoms with Gasteiger partial charge in [-0.1, -0.05) is 183 Å². The van der Waals surface area contributed by atoms with Gasteiger partial charge in [-0.3, -0.25) is 0 Å². The Balaban J connectivity index is 1.15. The molecule has 9 rings (SSSR count).